The van der Waals surface area contributed by atoms with Crippen molar-refractivity contribution in [2.24, 2.45) is 0 Å². The van der Waals surface area contributed by atoms with Crippen LogP contribution in [-0.4, -0.2) is 18.3 Å². The van der Waals surface area contributed by atoms with Crippen LogP contribution in [0.4, 0.5) is 4.39 Å². The van der Waals surface area contributed by atoms with Crippen LogP contribution in [0.15, 0.2) is 24.3 Å². The lowest BCUT2D eigenvalue weighted by Gasteiger charge is -2.36. The van der Waals surface area contributed by atoms with Crippen LogP contribution in [0.1, 0.15) is 31.2 Å². The Labute approximate surface area is 95.1 Å². The van der Waals surface area contributed by atoms with E-state index in [1.807, 2.05) is 0 Å². The Morgan fingerprint density at radius 2 is 1.94 bits per heavy atom. The van der Waals surface area contributed by atoms with E-state index in [4.69, 9.17) is 4.74 Å². The second kappa shape index (κ2) is 4.52. The fourth-order valence-electron chi connectivity index (χ4n) is 2.41. The molecule has 0 bridgehead atoms. The largest absolute Gasteiger partial charge is 0.385 e. The molecule has 2 rings (SSSR count). The van der Waals surface area contributed by atoms with Crippen molar-refractivity contribution in [3.05, 3.63) is 35.6 Å². The van der Waals surface area contributed by atoms with Gasteiger partial charge in [-0.15, -0.1) is 0 Å². The first-order chi connectivity index (χ1) is 7.65. The monoisotopic (exact) mass is 224 g/mol. The van der Waals surface area contributed by atoms with Gasteiger partial charge in [0, 0.05) is 12.7 Å². The molecule has 1 aliphatic rings. The van der Waals surface area contributed by atoms with Crippen molar-refractivity contribution in [2.75, 3.05) is 7.11 Å². The van der Waals surface area contributed by atoms with Crippen LogP contribution in [0, 0.1) is 5.82 Å². The molecule has 1 aromatic carbocycles. The number of hydrogen-bond acceptors (Lipinski definition) is 2. The minimum Gasteiger partial charge on any atom is -0.385 e. The predicted molar refractivity (Wildman–Crippen MR) is 59.6 cm³/mol. The van der Waals surface area contributed by atoms with Gasteiger partial charge in [0.2, 0.25) is 0 Å². The molecule has 0 heterocycles. The van der Waals surface area contributed by atoms with Crippen LogP contribution in [-0.2, 0) is 10.3 Å². The minimum absolute atomic E-state index is 0.201. The van der Waals surface area contributed by atoms with Gasteiger partial charge in [-0.25, -0.2) is 4.39 Å². The molecule has 1 N–H and O–H groups in total. The summed E-state index contributed by atoms with van der Waals surface area (Å²) in [4.78, 5) is 0. The molecule has 0 aliphatic heterocycles. The van der Waals surface area contributed by atoms with Crippen molar-refractivity contribution in [3.8, 4) is 0 Å². The van der Waals surface area contributed by atoms with Gasteiger partial charge in [-0.1, -0.05) is 18.2 Å². The summed E-state index contributed by atoms with van der Waals surface area (Å²) in [5, 5.41) is 10.4. The number of hydrogen-bond donors (Lipinski definition) is 1. The predicted octanol–water partition coefficient (Wildman–Crippen LogP) is 2.60. The smallest absolute Gasteiger partial charge is 0.129 e. The van der Waals surface area contributed by atoms with E-state index in [1.54, 1.807) is 25.3 Å². The van der Waals surface area contributed by atoms with Crippen molar-refractivity contribution in [2.45, 2.75) is 37.4 Å². The number of rotatable bonds is 2. The topological polar surface area (TPSA) is 29.5 Å². The zero-order valence-corrected chi connectivity index (χ0v) is 9.45. The van der Waals surface area contributed by atoms with Gasteiger partial charge in [-0.2, -0.15) is 0 Å². The van der Waals surface area contributed by atoms with Gasteiger partial charge in [0.25, 0.3) is 0 Å². The van der Waals surface area contributed by atoms with E-state index in [0.717, 1.165) is 12.8 Å². The Morgan fingerprint density at radius 1 is 1.31 bits per heavy atom. The second-order valence-electron chi connectivity index (χ2n) is 4.45. The van der Waals surface area contributed by atoms with Gasteiger partial charge in [0.05, 0.1) is 11.7 Å². The molecule has 0 atom stereocenters. The summed E-state index contributed by atoms with van der Waals surface area (Å²) in [6.45, 7) is 0. The molecular formula is C13H17FO2. The molecule has 1 aromatic rings. The number of halogens is 1. The Balaban J connectivity index is 2.18. The summed E-state index contributed by atoms with van der Waals surface area (Å²) in [5.41, 5.74) is -0.593. The van der Waals surface area contributed by atoms with E-state index < -0.39 is 5.60 Å². The highest BCUT2D eigenvalue weighted by molar-refractivity contribution is 5.24. The highest BCUT2D eigenvalue weighted by atomic mass is 19.1. The highest BCUT2D eigenvalue weighted by Crippen LogP contribution is 2.38. The van der Waals surface area contributed by atoms with Gasteiger partial charge in [0.1, 0.15) is 5.82 Å². The minimum atomic E-state index is -1.01. The number of aliphatic hydroxyl groups is 1. The molecule has 3 heteroatoms. The van der Waals surface area contributed by atoms with Crippen LogP contribution in [0.5, 0.6) is 0 Å². The Morgan fingerprint density at radius 3 is 2.50 bits per heavy atom. The number of ether oxygens (including phenoxy) is 1. The summed E-state index contributed by atoms with van der Waals surface area (Å²) in [5.74, 6) is -0.319. The molecule has 0 saturated heterocycles. The first-order valence-electron chi connectivity index (χ1n) is 5.66. The van der Waals surface area contributed by atoms with Crippen molar-refractivity contribution < 1.29 is 14.2 Å². The van der Waals surface area contributed by atoms with Crippen molar-refractivity contribution in [3.63, 3.8) is 0 Å². The normalized spacial score (nSPS) is 30.3. The summed E-state index contributed by atoms with van der Waals surface area (Å²) in [6, 6.07) is 6.47. The maximum Gasteiger partial charge on any atom is 0.129 e. The van der Waals surface area contributed by atoms with Crippen LogP contribution < -0.4 is 0 Å². The standard InChI is InChI=1S/C13H17FO2/c1-16-10-6-8-13(15,9-7-10)11-4-2-3-5-12(11)14/h2-5,10,15H,6-9H2,1H3. The SMILES string of the molecule is COC1CCC(O)(c2ccccc2F)CC1. The molecule has 1 fully saturated rings. The van der Waals surface area contributed by atoms with Gasteiger partial charge in [-0.05, 0) is 31.7 Å². The number of benzene rings is 1. The molecule has 2 nitrogen and oxygen atoms in total. The molecule has 0 amide bonds. The Bertz CT molecular complexity index is 357. The van der Waals surface area contributed by atoms with Crippen molar-refractivity contribution in [1.29, 1.82) is 0 Å². The first-order valence-corrected chi connectivity index (χ1v) is 5.66. The molecule has 16 heavy (non-hydrogen) atoms. The third kappa shape index (κ3) is 2.11. The van der Waals surface area contributed by atoms with E-state index in [-0.39, 0.29) is 11.9 Å². The number of methoxy groups -OCH3 is 1. The third-order valence-electron chi connectivity index (χ3n) is 3.47. The van der Waals surface area contributed by atoms with Crippen LogP contribution in [0.3, 0.4) is 0 Å². The van der Waals surface area contributed by atoms with E-state index in [2.05, 4.69) is 0 Å². The van der Waals surface area contributed by atoms with Gasteiger partial charge in [-0.3, -0.25) is 0 Å². The molecule has 1 saturated carbocycles. The quantitative estimate of drug-likeness (QED) is 0.836. The van der Waals surface area contributed by atoms with Gasteiger partial charge < -0.3 is 9.84 Å². The highest BCUT2D eigenvalue weighted by Gasteiger charge is 2.36. The molecule has 0 unspecified atom stereocenters. The lowest BCUT2D eigenvalue weighted by atomic mass is 9.78. The van der Waals surface area contributed by atoms with Crippen LogP contribution in [0.2, 0.25) is 0 Å². The summed E-state index contributed by atoms with van der Waals surface area (Å²) >= 11 is 0. The lowest BCUT2D eigenvalue weighted by Crippen LogP contribution is -2.34. The molecule has 1 aliphatic carbocycles. The van der Waals surface area contributed by atoms with E-state index >= 15 is 0 Å². The summed E-state index contributed by atoms with van der Waals surface area (Å²) in [7, 11) is 1.68. The fraction of sp³-hybridized carbons (Fsp3) is 0.538. The van der Waals surface area contributed by atoms with E-state index in [0.29, 0.717) is 18.4 Å². The summed E-state index contributed by atoms with van der Waals surface area (Å²) in [6.07, 6.45) is 2.88. The lowest BCUT2D eigenvalue weighted by molar-refractivity contribution is -0.0493. The fourth-order valence-corrected chi connectivity index (χ4v) is 2.41. The van der Waals surface area contributed by atoms with Crippen molar-refractivity contribution in [1.82, 2.24) is 0 Å². The second-order valence-corrected chi connectivity index (χ2v) is 4.45. The summed E-state index contributed by atoms with van der Waals surface area (Å²) < 4.78 is 18.9. The van der Waals surface area contributed by atoms with Gasteiger partial charge >= 0.3 is 0 Å². The third-order valence-corrected chi connectivity index (χ3v) is 3.47. The average molecular weight is 224 g/mol. The van der Waals surface area contributed by atoms with Crippen LogP contribution in [0.25, 0.3) is 0 Å². The van der Waals surface area contributed by atoms with Crippen molar-refractivity contribution >= 4 is 0 Å². The maximum atomic E-state index is 13.6. The van der Waals surface area contributed by atoms with E-state index in [9.17, 15) is 9.50 Å². The zero-order chi connectivity index (χ0) is 11.6. The Kier molecular flexibility index (Phi) is 3.26. The Hall–Kier alpha value is -0.930. The molecule has 88 valence electrons. The van der Waals surface area contributed by atoms with Crippen LogP contribution >= 0.6 is 0 Å². The van der Waals surface area contributed by atoms with E-state index in [1.165, 1.54) is 6.07 Å². The first kappa shape index (κ1) is 11.6. The average Bonchev–Trinajstić information content (AvgIpc) is 2.30. The van der Waals surface area contributed by atoms with Gasteiger partial charge in [0.15, 0.2) is 0 Å². The zero-order valence-electron chi connectivity index (χ0n) is 9.45. The molecular weight excluding hydrogens is 207 g/mol. The maximum absolute atomic E-state index is 13.6. The molecule has 0 aromatic heterocycles. The molecule has 0 radical (unpaired) electrons. The molecule has 0 spiro atoms.